The number of hydrogen-bond acceptors (Lipinski definition) is 6. The van der Waals surface area contributed by atoms with E-state index in [1.807, 2.05) is 42.5 Å². The summed E-state index contributed by atoms with van der Waals surface area (Å²) in [5, 5.41) is 7.80. The van der Waals surface area contributed by atoms with Crippen LogP contribution >= 0.6 is 11.3 Å². The Morgan fingerprint density at radius 3 is 1.90 bits per heavy atom. The summed E-state index contributed by atoms with van der Waals surface area (Å²) in [6.45, 7) is 0. The lowest BCUT2D eigenvalue weighted by Gasteiger charge is -2.11. The molecule has 4 aromatic heterocycles. The van der Waals surface area contributed by atoms with Crippen LogP contribution in [-0.2, 0) is 0 Å². The minimum atomic E-state index is 0.591. The van der Waals surface area contributed by atoms with Crippen molar-refractivity contribution in [3.05, 3.63) is 158 Å². The Bertz CT molecular complexity index is 3190. The van der Waals surface area contributed by atoms with Gasteiger partial charge in [0.1, 0.15) is 11.2 Å². The normalized spacial score (nSPS) is 11.8. The van der Waals surface area contributed by atoms with Gasteiger partial charge in [-0.2, -0.15) is 0 Å². The molecule has 0 aliphatic heterocycles. The molecule has 11 rings (SSSR count). The van der Waals surface area contributed by atoms with Crippen LogP contribution < -0.4 is 0 Å². The van der Waals surface area contributed by atoms with Crippen molar-refractivity contribution in [1.82, 2.24) is 19.9 Å². The molecular formula is C46H26N4OS. The van der Waals surface area contributed by atoms with Gasteiger partial charge in [-0.15, -0.1) is 11.3 Å². The van der Waals surface area contributed by atoms with E-state index >= 15 is 0 Å². The summed E-state index contributed by atoms with van der Waals surface area (Å²) >= 11 is 1.79. The molecule has 0 saturated heterocycles. The molecule has 0 spiro atoms. The first-order valence-electron chi connectivity index (χ1n) is 17.2. The van der Waals surface area contributed by atoms with Crippen LogP contribution in [0, 0.1) is 0 Å². The number of benzene rings is 7. The van der Waals surface area contributed by atoms with Crippen LogP contribution in [0.5, 0.6) is 0 Å². The number of pyridine rings is 1. The van der Waals surface area contributed by atoms with Crippen molar-refractivity contribution in [2.45, 2.75) is 0 Å². The van der Waals surface area contributed by atoms with Gasteiger partial charge in [0.2, 0.25) is 0 Å². The fourth-order valence-electron chi connectivity index (χ4n) is 7.57. The second kappa shape index (κ2) is 11.4. The average Bonchev–Trinajstić information content (AvgIpc) is 3.79. The van der Waals surface area contributed by atoms with Crippen molar-refractivity contribution in [3.63, 3.8) is 0 Å². The zero-order chi connectivity index (χ0) is 34.2. The molecule has 0 saturated carbocycles. The topological polar surface area (TPSA) is 64.7 Å². The summed E-state index contributed by atoms with van der Waals surface area (Å²) in [5.74, 6) is 1.86. The molecule has 0 aliphatic carbocycles. The Morgan fingerprint density at radius 2 is 1.06 bits per heavy atom. The molecule has 0 aliphatic rings. The van der Waals surface area contributed by atoms with Crippen LogP contribution in [0.4, 0.5) is 0 Å². The van der Waals surface area contributed by atoms with Gasteiger partial charge in [-0.05, 0) is 42.5 Å². The Labute approximate surface area is 301 Å². The Balaban J connectivity index is 1.15. The standard InChI is InChI=1S/C46H26N4OS/c1-3-12-27(13-4-1)43-33-24-25-36-42(41(33)30-16-7-9-19-35(30)47-43)31-23-22-29(26-37(31)51-36)45-48-44(28-14-5-2-6-15-28)49-46(50-45)34-18-11-21-39-40(34)32-17-8-10-20-38(32)52-39/h1-26H. The van der Waals surface area contributed by atoms with Crippen LogP contribution in [0.25, 0.3) is 109 Å². The molecule has 5 nitrogen and oxygen atoms in total. The molecule has 4 heterocycles. The zero-order valence-corrected chi connectivity index (χ0v) is 28.4. The Hall–Kier alpha value is -6.76. The molecule has 0 amide bonds. The van der Waals surface area contributed by atoms with Crippen molar-refractivity contribution in [1.29, 1.82) is 0 Å². The second-order valence-electron chi connectivity index (χ2n) is 13.0. The molecule has 0 atom stereocenters. The molecule has 52 heavy (non-hydrogen) atoms. The Morgan fingerprint density at radius 1 is 0.385 bits per heavy atom. The van der Waals surface area contributed by atoms with E-state index in [1.54, 1.807) is 11.3 Å². The van der Waals surface area contributed by atoms with E-state index in [-0.39, 0.29) is 0 Å². The van der Waals surface area contributed by atoms with E-state index in [1.165, 1.54) is 14.8 Å². The molecule has 0 bridgehead atoms. The maximum Gasteiger partial charge on any atom is 0.164 e. The van der Waals surface area contributed by atoms with Gasteiger partial charge in [-0.25, -0.2) is 19.9 Å². The monoisotopic (exact) mass is 682 g/mol. The van der Waals surface area contributed by atoms with Gasteiger partial charge in [0.25, 0.3) is 0 Å². The predicted molar refractivity (Wildman–Crippen MR) is 215 cm³/mol. The van der Waals surface area contributed by atoms with Gasteiger partial charge in [-0.3, -0.25) is 0 Å². The van der Waals surface area contributed by atoms with E-state index in [0.29, 0.717) is 17.5 Å². The first kappa shape index (κ1) is 29.0. The third-order valence-corrected chi connectivity index (χ3v) is 11.1. The van der Waals surface area contributed by atoms with Gasteiger partial charge in [-0.1, -0.05) is 115 Å². The van der Waals surface area contributed by atoms with Gasteiger partial charge < -0.3 is 4.42 Å². The number of hydrogen-bond donors (Lipinski definition) is 0. The van der Waals surface area contributed by atoms with Gasteiger partial charge in [0.05, 0.1) is 11.2 Å². The minimum Gasteiger partial charge on any atom is -0.456 e. The summed E-state index contributed by atoms with van der Waals surface area (Å²) in [5.41, 5.74) is 7.37. The Kier molecular flexibility index (Phi) is 6.35. The van der Waals surface area contributed by atoms with Gasteiger partial charge in [0, 0.05) is 69.4 Å². The quantitative estimate of drug-likeness (QED) is 0.173. The average molecular weight is 683 g/mol. The van der Waals surface area contributed by atoms with Crippen molar-refractivity contribution in [3.8, 4) is 45.4 Å². The lowest BCUT2D eigenvalue weighted by Crippen LogP contribution is -2.00. The van der Waals surface area contributed by atoms with E-state index in [4.69, 9.17) is 24.4 Å². The number of rotatable bonds is 4. The van der Waals surface area contributed by atoms with Crippen LogP contribution in [0.1, 0.15) is 0 Å². The number of para-hydroxylation sites is 1. The summed E-state index contributed by atoms with van der Waals surface area (Å²) < 4.78 is 9.10. The highest BCUT2D eigenvalue weighted by Gasteiger charge is 2.20. The van der Waals surface area contributed by atoms with Crippen molar-refractivity contribution in [2.24, 2.45) is 0 Å². The van der Waals surface area contributed by atoms with Crippen LogP contribution in [0.3, 0.4) is 0 Å². The number of aromatic nitrogens is 4. The zero-order valence-electron chi connectivity index (χ0n) is 27.6. The number of nitrogens with zero attached hydrogens (tertiary/aromatic N) is 4. The SMILES string of the molecule is c1ccc(-c2nc(-c3ccc4c(c3)oc3ccc5c(-c6ccccc6)nc6ccccc6c5c34)nc(-c3cccc4sc5ccccc5c34)n2)cc1. The van der Waals surface area contributed by atoms with Crippen LogP contribution in [0.15, 0.2) is 162 Å². The van der Waals surface area contributed by atoms with Gasteiger partial charge >= 0.3 is 0 Å². The van der Waals surface area contributed by atoms with E-state index in [0.717, 1.165) is 76.9 Å². The fourth-order valence-corrected chi connectivity index (χ4v) is 8.70. The van der Waals surface area contributed by atoms with E-state index < -0.39 is 0 Å². The lowest BCUT2D eigenvalue weighted by molar-refractivity contribution is 0.669. The second-order valence-corrected chi connectivity index (χ2v) is 14.1. The summed E-state index contributed by atoms with van der Waals surface area (Å²) in [4.78, 5) is 20.4. The summed E-state index contributed by atoms with van der Waals surface area (Å²) in [6, 6.07) is 54.3. The molecule has 0 N–H and O–H groups in total. The lowest BCUT2D eigenvalue weighted by atomic mass is 9.96. The maximum atomic E-state index is 6.65. The number of fused-ring (bicyclic) bond motifs is 10. The molecule has 0 unspecified atom stereocenters. The molecule has 7 aromatic carbocycles. The number of furan rings is 1. The molecule has 11 aromatic rings. The minimum absolute atomic E-state index is 0.591. The molecule has 242 valence electrons. The van der Waals surface area contributed by atoms with Crippen LogP contribution in [-0.4, -0.2) is 19.9 Å². The highest BCUT2D eigenvalue weighted by Crippen LogP contribution is 2.43. The van der Waals surface area contributed by atoms with Crippen molar-refractivity contribution >= 4 is 75.1 Å². The maximum absolute atomic E-state index is 6.65. The molecule has 0 radical (unpaired) electrons. The van der Waals surface area contributed by atoms with Crippen LogP contribution in [0.2, 0.25) is 0 Å². The largest absolute Gasteiger partial charge is 0.456 e. The summed E-state index contributed by atoms with van der Waals surface area (Å²) in [7, 11) is 0. The van der Waals surface area contributed by atoms with Crippen molar-refractivity contribution < 1.29 is 4.42 Å². The molecule has 6 heteroatoms. The predicted octanol–water partition coefficient (Wildman–Crippen LogP) is 12.5. The fraction of sp³-hybridized carbons (Fsp3) is 0. The van der Waals surface area contributed by atoms with Gasteiger partial charge in [0.15, 0.2) is 17.5 Å². The van der Waals surface area contributed by atoms with E-state index in [2.05, 4.69) is 115 Å². The number of thiophene rings is 1. The highest BCUT2D eigenvalue weighted by molar-refractivity contribution is 7.25. The van der Waals surface area contributed by atoms with Crippen molar-refractivity contribution in [2.75, 3.05) is 0 Å². The van der Waals surface area contributed by atoms with E-state index in [9.17, 15) is 0 Å². The third-order valence-electron chi connectivity index (χ3n) is 9.92. The first-order valence-corrected chi connectivity index (χ1v) is 18.0. The summed E-state index contributed by atoms with van der Waals surface area (Å²) in [6.07, 6.45) is 0. The molecular weight excluding hydrogens is 657 g/mol. The third kappa shape index (κ3) is 4.48. The smallest absolute Gasteiger partial charge is 0.164 e. The highest BCUT2D eigenvalue weighted by atomic mass is 32.1. The first-order chi connectivity index (χ1) is 25.8. The molecule has 0 fully saturated rings.